The van der Waals surface area contributed by atoms with Gasteiger partial charge in [0, 0.05) is 0 Å². The number of aromatic nitrogens is 1. The SMILES string of the molecule is CSc1cc2c(c(SC)n1)CCCCC2. The van der Waals surface area contributed by atoms with Gasteiger partial charge in [0.15, 0.2) is 0 Å². The minimum atomic E-state index is 1.18. The van der Waals surface area contributed by atoms with E-state index in [1.54, 1.807) is 29.1 Å². The first kappa shape index (κ1) is 11.3. The van der Waals surface area contributed by atoms with Crippen LogP contribution in [0.3, 0.4) is 0 Å². The van der Waals surface area contributed by atoms with E-state index in [9.17, 15) is 0 Å². The first-order valence-electron chi connectivity index (χ1n) is 5.46. The zero-order valence-corrected chi connectivity index (χ0v) is 11.0. The molecule has 0 bridgehead atoms. The molecule has 0 N–H and O–H groups in total. The van der Waals surface area contributed by atoms with E-state index in [0.717, 1.165) is 0 Å². The molecular weight excluding hydrogens is 222 g/mol. The number of rotatable bonds is 2. The Labute approximate surface area is 100 Å². The van der Waals surface area contributed by atoms with Crippen molar-refractivity contribution in [3.8, 4) is 0 Å². The van der Waals surface area contributed by atoms with Gasteiger partial charge in [-0.1, -0.05) is 6.42 Å². The minimum absolute atomic E-state index is 1.18. The summed E-state index contributed by atoms with van der Waals surface area (Å²) in [7, 11) is 0. The minimum Gasteiger partial charge on any atom is -0.235 e. The van der Waals surface area contributed by atoms with Crippen molar-refractivity contribution in [3.63, 3.8) is 0 Å². The molecule has 0 saturated carbocycles. The molecule has 3 heteroatoms. The van der Waals surface area contributed by atoms with Crippen LogP contribution in [0.15, 0.2) is 16.1 Å². The number of nitrogens with zero attached hydrogens (tertiary/aromatic N) is 1. The Bertz CT molecular complexity index is 350. The Kier molecular flexibility index (Phi) is 3.98. The molecule has 0 atom stereocenters. The summed E-state index contributed by atoms with van der Waals surface area (Å²) in [6.45, 7) is 0. The van der Waals surface area contributed by atoms with E-state index in [-0.39, 0.29) is 0 Å². The van der Waals surface area contributed by atoms with Crippen LogP contribution < -0.4 is 0 Å². The van der Waals surface area contributed by atoms with Crippen LogP contribution in [0.1, 0.15) is 30.4 Å². The molecule has 0 radical (unpaired) electrons. The van der Waals surface area contributed by atoms with Crippen LogP contribution in [-0.4, -0.2) is 17.5 Å². The highest BCUT2D eigenvalue weighted by atomic mass is 32.2. The molecule has 1 aromatic heterocycles. The molecule has 0 saturated heterocycles. The Morgan fingerprint density at radius 3 is 2.60 bits per heavy atom. The van der Waals surface area contributed by atoms with Crippen molar-refractivity contribution in [1.29, 1.82) is 0 Å². The summed E-state index contributed by atoms with van der Waals surface area (Å²) in [6.07, 6.45) is 10.8. The lowest BCUT2D eigenvalue weighted by Crippen LogP contribution is -1.98. The van der Waals surface area contributed by atoms with E-state index in [1.165, 1.54) is 47.7 Å². The highest BCUT2D eigenvalue weighted by Crippen LogP contribution is 2.30. The van der Waals surface area contributed by atoms with Gasteiger partial charge < -0.3 is 0 Å². The van der Waals surface area contributed by atoms with E-state index < -0.39 is 0 Å². The Morgan fingerprint density at radius 1 is 1.07 bits per heavy atom. The third-order valence-electron chi connectivity index (χ3n) is 2.93. The van der Waals surface area contributed by atoms with Gasteiger partial charge in [-0.2, -0.15) is 0 Å². The molecule has 0 unspecified atom stereocenters. The van der Waals surface area contributed by atoms with E-state index in [1.807, 2.05) is 0 Å². The summed E-state index contributed by atoms with van der Waals surface area (Å²) < 4.78 is 0. The van der Waals surface area contributed by atoms with Gasteiger partial charge in [-0.25, -0.2) is 4.98 Å². The molecule has 1 nitrogen and oxygen atoms in total. The molecule has 2 rings (SSSR count). The Morgan fingerprint density at radius 2 is 1.87 bits per heavy atom. The van der Waals surface area contributed by atoms with Crippen LogP contribution in [-0.2, 0) is 12.8 Å². The first-order chi connectivity index (χ1) is 7.35. The number of pyridine rings is 1. The number of fused-ring (bicyclic) bond motifs is 1. The molecular formula is C12H17NS2. The number of aryl methyl sites for hydroxylation is 1. The van der Waals surface area contributed by atoms with Crippen molar-refractivity contribution in [2.45, 2.75) is 42.2 Å². The average molecular weight is 239 g/mol. The van der Waals surface area contributed by atoms with Crippen molar-refractivity contribution in [3.05, 3.63) is 17.2 Å². The van der Waals surface area contributed by atoms with Gasteiger partial charge >= 0.3 is 0 Å². The third kappa shape index (κ3) is 2.51. The van der Waals surface area contributed by atoms with E-state index in [2.05, 4.69) is 18.6 Å². The fourth-order valence-electron chi connectivity index (χ4n) is 2.13. The summed E-state index contributed by atoms with van der Waals surface area (Å²) in [4.78, 5) is 4.69. The fourth-order valence-corrected chi connectivity index (χ4v) is 3.30. The molecule has 82 valence electrons. The molecule has 1 heterocycles. The smallest absolute Gasteiger partial charge is 0.101 e. The van der Waals surface area contributed by atoms with E-state index >= 15 is 0 Å². The lowest BCUT2D eigenvalue weighted by molar-refractivity contribution is 0.709. The molecule has 0 aromatic carbocycles. The molecule has 0 aliphatic heterocycles. The summed E-state index contributed by atoms with van der Waals surface area (Å²) >= 11 is 3.55. The Hall–Kier alpha value is -0.150. The summed E-state index contributed by atoms with van der Waals surface area (Å²) in [6, 6.07) is 2.30. The molecule has 0 spiro atoms. The normalized spacial score (nSPS) is 15.9. The van der Waals surface area contributed by atoms with Gasteiger partial charge in [0.1, 0.15) is 5.03 Å². The van der Waals surface area contributed by atoms with Crippen molar-refractivity contribution < 1.29 is 0 Å². The van der Waals surface area contributed by atoms with Gasteiger partial charge in [0.2, 0.25) is 0 Å². The summed E-state index contributed by atoms with van der Waals surface area (Å²) in [5.41, 5.74) is 3.08. The molecule has 15 heavy (non-hydrogen) atoms. The van der Waals surface area contributed by atoms with E-state index in [4.69, 9.17) is 4.98 Å². The molecule has 1 aromatic rings. The number of hydrogen-bond acceptors (Lipinski definition) is 3. The predicted octanol–water partition coefficient (Wildman–Crippen LogP) is 3.79. The van der Waals surface area contributed by atoms with Crippen molar-refractivity contribution in [1.82, 2.24) is 4.98 Å². The first-order valence-corrected chi connectivity index (χ1v) is 7.91. The lowest BCUT2D eigenvalue weighted by atomic mass is 10.1. The van der Waals surface area contributed by atoms with Crippen LogP contribution >= 0.6 is 23.5 Å². The predicted molar refractivity (Wildman–Crippen MR) is 69.1 cm³/mol. The van der Waals surface area contributed by atoms with Gasteiger partial charge in [-0.05, 0) is 55.4 Å². The molecule has 1 aliphatic carbocycles. The Balaban J connectivity index is 2.45. The highest BCUT2D eigenvalue weighted by molar-refractivity contribution is 7.99. The van der Waals surface area contributed by atoms with Crippen LogP contribution in [0.5, 0.6) is 0 Å². The zero-order valence-electron chi connectivity index (χ0n) is 9.38. The van der Waals surface area contributed by atoms with Crippen molar-refractivity contribution >= 4 is 23.5 Å². The second kappa shape index (κ2) is 5.26. The van der Waals surface area contributed by atoms with Crippen LogP contribution in [0.4, 0.5) is 0 Å². The molecule has 1 aliphatic rings. The summed E-state index contributed by atoms with van der Waals surface area (Å²) in [5, 5.41) is 2.44. The largest absolute Gasteiger partial charge is 0.235 e. The van der Waals surface area contributed by atoms with Gasteiger partial charge in [-0.3, -0.25) is 0 Å². The molecule has 0 fully saturated rings. The topological polar surface area (TPSA) is 12.9 Å². The second-order valence-corrected chi connectivity index (χ2v) is 5.49. The standard InChI is InChI=1S/C12H17NS2/c1-14-11-8-9-6-4-3-5-7-10(9)12(13-11)15-2/h8H,3-7H2,1-2H3. The number of thioether (sulfide) groups is 2. The lowest BCUT2D eigenvalue weighted by Gasteiger charge is -2.11. The van der Waals surface area contributed by atoms with Gasteiger partial charge in [0.05, 0.1) is 5.03 Å². The second-order valence-electron chi connectivity index (χ2n) is 3.87. The van der Waals surface area contributed by atoms with Crippen molar-refractivity contribution in [2.24, 2.45) is 0 Å². The fraction of sp³-hybridized carbons (Fsp3) is 0.583. The number of hydrogen-bond donors (Lipinski definition) is 0. The third-order valence-corrected chi connectivity index (χ3v) is 4.28. The van der Waals surface area contributed by atoms with Crippen molar-refractivity contribution in [2.75, 3.05) is 12.5 Å². The van der Waals surface area contributed by atoms with E-state index in [0.29, 0.717) is 0 Å². The quantitative estimate of drug-likeness (QED) is 0.575. The monoisotopic (exact) mass is 239 g/mol. The van der Waals surface area contributed by atoms with Gasteiger partial charge in [-0.15, -0.1) is 23.5 Å². The van der Waals surface area contributed by atoms with Crippen LogP contribution in [0, 0.1) is 0 Å². The van der Waals surface area contributed by atoms with Gasteiger partial charge in [0.25, 0.3) is 0 Å². The van der Waals surface area contributed by atoms with Crippen LogP contribution in [0.2, 0.25) is 0 Å². The maximum Gasteiger partial charge on any atom is 0.101 e. The zero-order chi connectivity index (χ0) is 10.7. The molecule has 0 amide bonds. The maximum atomic E-state index is 4.69. The highest BCUT2D eigenvalue weighted by Gasteiger charge is 2.14. The average Bonchev–Trinajstić information content (AvgIpc) is 2.52. The maximum absolute atomic E-state index is 4.69. The summed E-state index contributed by atoms with van der Waals surface area (Å²) in [5.74, 6) is 0. The van der Waals surface area contributed by atoms with Crippen LogP contribution in [0.25, 0.3) is 0 Å².